The number of nitrogens with zero attached hydrogens (tertiary/aromatic N) is 2. The first-order valence-electron chi connectivity index (χ1n) is 7.92. The molecule has 2 aromatic rings. The van der Waals surface area contributed by atoms with E-state index < -0.39 is 0 Å². The van der Waals surface area contributed by atoms with E-state index in [2.05, 4.69) is 15.2 Å². The third-order valence-corrected chi connectivity index (χ3v) is 3.98. The highest BCUT2D eigenvalue weighted by Crippen LogP contribution is 2.18. The van der Waals surface area contributed by atoms with Crippen molar-refractivity contribution >= 4 is 11.7 Å². The Hall–Kier alpha value is -2.43. The van der Waals surface area contributed by atoms with E-state index in [1.165, 1.54) is 25.0 Å². The summed E-state index contributed by atoms with van der Waals surface area (Å²) in [4.78, 5) is 18.6. The van der Waals surface area contributed by atoms with E-state index in [4.69, 9.17) is 0 Å². The second-order valence-corrected chi connectivity index (χ2v) is 5.80. The molecule has 0 atom stereocenters. The van der Waals surface area contributed by atoms with Crippen molar-refractivity contribution in [1.82, 2.24) is 10.3 Å². The van der Waals surface area contributed by atoms with Crippen molar-refractivity contribution in [3.8, 4) is 0 Å². The molecular weight excluding hydrogens is 293 g/mol. The number of halogens is 1. The number of hydrogen-bond acceptors (Lipinski definition) is 3. The summed E-state index contributed by atoms with van der Waals surface area (Å²) in [5.74, 6) is 0.536. The molecule has 1 aromatic carbocycles. The van der Waals surface area contributed by atoms with Gasteiger partial charge in [0.15, 0.2) is 0 Å². The van der Waals surface area contributed by atoms with Crippen LogP contribution in [0.15, 0.2) is 42.6 Å². The van der Waals surface area contributed by atoms with Crippen LogP contribution in [0.25, 0.3) is 0 Å². The summed E-state index contributed by atoms with van der Waals surface area (Å²) in [7, 11) is 0. The molecule has 1 aliphatic heterocycles. The van der Waals surface area contributed by atoms with Crippen molar-refractivity contribution in [1.29, 1.82) is 0 Å². The molecule has 0 unspecified atom stereocenters. The number of aromatic nitrogens is 1. The second-order valence-electron chi connectivity index (χ2n) is 5.80. The molecule has 0 saturated carbocycles. The number of rotatable bonds is 5. The predicted molar refractivity (Wildman–Crippen MR) is 87.6 cm³/mol. The third kappa shape index (κ3) is 4.28. The average Bonchev–Trinajstić information content (AvgIpc) is 3.08. The van der Waals surface area contributed by atoms with Crippen molar-refractivity contribution < 1.29 is 9.18 Å². The molecule has 1 fully saturated rings. The van der Waals surface area contributed by atoms with Crippen LogP contribution in [0.4, 0.5) is 10.2 Å². The van der Waals surface area contributed by atoms with Gasteiger partial charge in [-0.3, -0.25) is 4.79 Å². The number of amides is 1. The van der Waals surface area contributed by atoms with Gasteiger partial charge in [-0.25, -0.2) is 9.37 Å². The number of benzene rings is 1. The van der Waals surface area contributed by atoms with E-state index in [0.29, 0.717) is 12.1 Å². The van der Waals surface area contributed by atoms with Gasteiger partial charge in [-0.15, -0.1) is 0 Å². The molecule has 1 saturated heterocycles. The molecule has 2 heterocycles. The minimum atomic E-state index is -0.320. The number of carbonyl (C=O) groups excluding carboxylic acids is 1. The summed E-state index contributed by atoms with van der Waals surface area (Å²) in [6, 6.07) is 10.1. The maximum Gasteiger partial charge on any atom is 0.224 e. The van der Waals surface area contributed by atoms with Crippen molar-refractivity contribution in [3.63, 3.8) is 0 Å². The Labute approximate surface area is 135 Å². The topological polar surface area (TPSA) is 45.2 Å². The summed E-state index contributed by atoms with van der Waals surface area (Å²) in [5, 5.41) is 2.88. The first-order chi connectivity index (χ1) is 11.2. The number of pyridine rings is 1. The van der Waals surface area contributed by atoms with E-state index in [1.54, 1.807) is 18.3 Å². The van der Waals surface area contributed by atoms with Crippen LogP contribution in [-0.2, 0) is 17.8 Å². The molecule has 23 heavy (non-hydrogen) atoms. The van der Waals surface area contributed by atoms with E-state index in [-0.39, 0.29) is 18.1 Å². The molecule has 1 aliphatic rings. The molecule has 5 heteroatoms. The fourth-order valence-electron chi connectivity index (χ4n) is 2.79. The van der Waals surface area contributed by atoms with Gasteiger partial charge in [0, 0.05) is 25.8 Å². The fraction of sp³-hybridized carbons (Fsp3) is 0.333. The normalized spacial score (nSPS) is 14.0. The van der Waals surface area contributed by atoms with Gasteiger partial charge >= 0.3 is 0 Å². The quantitative estimate of drug-likeness (QED) is 0.923. The highest BCUT2D eigenvalue weighted by Gasteiger charge is 2.13. The lowest BCUT2D eigenvalue weighted by Crippen LogP contribution is -2.25. The molecule has 4 nitrogen and oxygen atoms in total. The van der Waals surface area contributed by atoms with Crippen LogP contribution < -0.4 is 10.2 Å². The van der Waals surface area contributed by atoms with E-state index in [1.807, 2.05) is 12.1 Å². The van der Waals surface area contributed by atoms with E-state index in [0.717, 1.165) is 24.5 Å². The molecule has 0 radical (unpaired) electrons. The van der Waals surface area contributed by atoms with Gasteiger partial charge < -0.3 is 10.2 Å². The predicted octanol–water partition coefficient (Wildman–Crippen LogP) is 2.68. The number of carbonyl (C=O) groups is 1. The first-order valence-corrected chi connectivity index (χ1v) is 7.92. The van der Waals surface area contributed by atoms with Gasteiger partial charge in [-0.2, -0.15) is 0 Å². The fourth-order valence-corrected chi connectivity index (χ4v) is 2.79. The molecule has 3 rings (SSSR count). The third-order valence-electron chi connectivity index (χ3n) is 3.98. The van der Waals surface area contributed by atoms with Crippen LogP contribution in [-0.4, -0.2) is 24.0 Å². The summed E-state index contributed by atoms with van der Waals surface area (Å²) in [6.45, 7) is 2.54. The minimum absolute atomic E-state index is 0.116. The van der Waals surface area contributed by atoms with Crippen LogP contribution in [0.1, 0.15) is 24.0 Å². The van der Waals surface area contributed by atoms with Gasteiger partial charge in [0.25, 0.3) is 0 Å². The Balaban J connectivity index is 1.55. The summed E-state index contributed by atoms with van der Waals surface area (Å²) in [6.07, 6.45) is 4.37. The zero-order valence-electron chi connectivity index (χ0n) is 13.0. The molecule has 0 spiro atoms. The van der Waals surface area contributed by atoms with Crippen LogP contribution in [0.3, 0.4) is 0 Å². The molecule has 1 N–H and O–H groups in total. The lowest BCUT2D eigenvalue weighted by Gasteiger charge is -2.17. The minimum Gasteiger partial charge on any atom is -0.357 e. The summed E-state index contributed by atoms with van der Waals surface area (Å²) < 4.78 is 13.1. The summed E-state index contributed by atoms with van der Waals surface area (Å²) in [5.41, 5.74) is 1.70. The average molecular weight is 313 g/mol. The first kappa shape index (κ1) is 15.5. The van der Waals surface area contributed by atoms with Gasteiger partial charge in [-0.05, 0) is 48.2 Å². The maximum atomic E-state index is 13.1. The standard InChI is InChI=1S/C18H20FN3O/c19-16-5-3-4-14(10-16)12-18(23)21-13-15-6-7-20-17(11-15)22-8-1-2-9-22/h3-7,10-11H,1-2,8-9,12-13H2,(H,21,23). The number of nitrogens with one attached hydrogen (secondary N) is 1. The second kappa shape index (κ2) is 7.22. The molecular formula is C18H20FN3O. The Morgan fingerprint density at radius 2 is 2.00 bits per heavy atom. The number of hydrogen-bond donors (Lipinski definition) is 1. The lowest BCUT2D eigenvalue weighted by molar-refractivity contribution is -0.120. The maximum absolute atomic E-state index is 13.1. The number of anilines is 1. The monoisotopic (exact) mass is 313 g/mol. The van der Waals surface area contributed by atoms with E-state index in [9.17, 15) is 9.18 Å². The largest absolute Gasteiger partial charge is 0.357 e. The van der Waals surface area contributed by atoms with Gasteiger partial charge in [0.05, 0.1) is 6.42 Å². The highest BCUT2D eigenvalue weighted by molar-refractivity contribution is 5.78. The summed E-state index contributed by atoms with van der Waals surface area (Å²) >= 11 is 0. The van der Waals surface area contributed by atoms with Crippen molar-refractivity contribution in [2.75, 3.05) is 18.0 Å². The molecule has 0 aliphatic carbocycles. The van der Waals surface area contributed by atoms with Gasteiger partial charge in [-0.1, -0.05) is 12.1 Å². The van der Waals surface area contributed by atoms with E-state index >= 15 is 0 Å². The Morgan fingerprint density at radius 1 is 1.17 bits per heavy atom. The highest BCUT2D eigenvalue weighted by atomic mass is 19.1. The zero-order valence-corrected chi connectivity index (χ0v) is 13.0. The molecule has 0 bridgehead atoms. The van der Waals surface area contributed by atoms with Crippen molar-refractivity contribution in [2.45, 2.75) is 25.8 Å². The van der Waals surface area contributed by atoms with Gasteiger partial charge in [0.2, 0.25) is 5.91 Å². The molecule has 1 amide bonds. The Morgan fingerprint density at radius 3 is 2.78 bits per heavy atom. The lowest BCUT2D eigenvalue weighted by atomic mass is 10.1. The van der Waals surface area contributed by atoms with Gasteiger partial charge in [0.1, 0.15) is 11.6 Å². The SMILES string of the molecule is O=C(Cc1cccc(F)c1)NCc1ccnc(N2CCCC2)c1. The van der Waals surface area contributed by atoms with Crippen LogP contribution in [0.5, 0.6) is 0 Å². The van der Waals surface area contributed by atoms with Crippen LogP contribution in [0.2, 0.25) is 0 Å². The smallest absolute Gasteiger partial charge is 0.224 e. The molecule has 120 valence electrons. The van der Waals surface area contributed by atoms with Crippen molar-refractivity contribution in [3.05, 3.63) is 59.5 Å². The van der Waals surface area contributed by atoms with Crippen molar-refractivity contribution in [2.24, 2.45) is 0 Å². The Bertz CT molecular complexity index is 683. The zero-order chi connectivity index (χ0) is 16.1. The Kier molecular flexibility index (Phi) is 4.86. The molecule has 1 aromatic heterocycles. The van der Waals surface area contributed by atoms with Crippen LogP contribution >= 0.6 is 0 Å². The van der Waals surface area contributed by atoms with Crippen LogP contribution in [0, 0.1) is 5.82 Å².